The molecule has 42 valence electrons. The lowest BCUT2D eigenvalue weighted by molar-refractivity contribution is 1.10. The molecular weight excluding hydrogens is 215 g/mol. The smallest absolute Gasteiger partial charge is 0.115 e. The van der Waals surface area contributed by atoms with Crippen molar-refractivity contribution in [3.05, 3.63) is 24.3 Å². The van der Waals surface area contributed by atoms with Gasteiger partial charge in [0.1, 0.15) is 6.33 Å². The van der Waals surface area contributed by atoms with E-state index in [0.717, 1.165) is 10.1 Å². The maximum absolute atomic E-state index is 3.98. The summed E-state index contributed by atoms with van der Waals surface area (Å²) in [6.45, 7) is 0. The molecule has 0 amide bonds. The molecule has 0 fully saturated rings. The molecule has 0 aliphatic heterocycles. The molecule has 0 saturated heterocycles. The van der Waals surface area contributed by atoms with E-state index in [2.05, 4.69) is 32.6 Å². The summed E-state index contributed by atoms with van der Waals surface area (Å²) in [6, 6.07) is 1.91. The Labute approximate surface area is 61.5 Å². The lowest BCUT2D eigenvalue weighted by atomic mass is 10.5. The monoisotopic (exact) mass is 220 g/mol. The van der Waals surface area contributed by atoms with E-state index in [1.54, 1.807) is 12.5 Å². The Kier molecular flexibility index (Phi) is 2.20. The van der Waals surface area contributed by atoms with Crippen molar-refractivity contribution in [3.63, 3.8) is 0 Å². The number of nitrogens with zero attached hydrogens (tertiary/aromatic N) is 2. The third-order valence-electron chi connectivity index (χ3n) is 0.780. The second-order valence-electron chi connectivity index (χ2n) is 1.33. The molecule has 0 radical (unpaired) electrons. The molecular formula is C5H5IN2. The standard InChI is InChI=1S/C5H5IN2/c6-3-5-1-2-7-4-8-5/h1-2,4H,3H2. The molecule has 0 aromatic carbocycles. The van der Waals surface area contributed by atoms with Crippen molar-refractivity contribution in [1.29, 1.82) is 0 Å². The summed E-state index contributed by atoms with van der Waals surface area (Å²) in [7, 11) is 0. The molecule has 1 aromatic rings. The van der Waals surface area contributed by atoms with Gasteiger partial charge in [-0.25, -0.2) is 9.97 Å². The predicted molar refractivity (Wildman–Crippen MR) is 39.8 cm³/mol. The first-order valence-electron chi connectivity index (χ1n) is 2.24. The minimum Gasteiger partial charge on any atom is -0.245 e. The van der Waals surface area contributed by atoms with Gasteiger partial charge in [0.25, 0.3) is 0 Å². The van der Waals surface area contributed by atoms with E-state index in [0.29, 0.717) is 0 Å². The number of hydrogen-bond acceptors (Lipinski definition) is 2. The van der Waals surface area contributed by atoms with Crippen LogP contribution < -0.4 is 0 Å². The zero-order valence-electron chi connectivity index (χ0n) is 4.21. The first-order chi connectivity index (χ1) is 3.93. The second-order valence-corrected chi connectivity index (χ2v) is 2.10. The van der Waals surface area contributed by atoms with Crippen LogP contribution in [-0.2, 0) is 4.43 Å². The van der Waals surface area contributed by atoms with Crippen LogP contribution in [0.5, 0.6) is 0 Å². The third-order valence-corrected chi connectivity index (χ3v) is 1.56. The van der Waals surface area contributed by atoms with Gasteiger partial charge in [0.15, 0.2) is 0 Å². The van der Waals surface area contributed by atoms with Crippen molar-refractivity contribution in [3.8, 4) is 0 Å². The van der Waals surface area contributed by atoms with Crippen molar-refractivity contribution in [2.75, 3.05) is 0 Å². The van der Waals surface area contributed by atoms with Crippen molar-refractivity contribution in [1.82, 2.24) is 9.97 Å². The second kappa shape index (κ2) is 2.96. The van der Waals surface area contributed by atoms with Crippen molar-refractivity contribution < 1.29 is 0 Å². The number of aromatic nitrogens is 2. The van der Waals surface area contributed by atoms with E-state index in [1.807, 2.05) is 6.07 Å². The molecule has 3 heteroatoms. The van der Waals surface area contributed by atoms with Gasteiger partial charge in [-0.1, -0.05) is 22.6 Å². The minimum atomic E-state index is 0.959. The van der Waals surface area contributed by atoms with E-state index >= 15 is 0 Å². The van der Waals surface area contributed by atoms with Gasteiger partial charge in [-0.05, 0) is 6.07 Å². The van der Waals surface area contributed by atoms with Gasteiger partial charge in [0.2, 0.25) is 0 Å². The zero-order valence-corrected chi connectivity index (χ0v) is 6.37. The summed E-state index contributed by atoms with van der Waals surface area (Å²) in [5, 5.41) is 0. The average molecular weight is 220 g/mol. The average Bonchev–Trinajstić information content (AvgIpc) is 1.90. The van der Waals surface area contributed by atoms with E-state index in [-0.39, 0.29) is 0 Å². The Morgan fingerprint density at radius 1 is 1.62 bits per heavy atom. The highest BCUT2D eigenvalue weighted by atomic mass is 127. The van der Waals surface area contributed by atoms with E-state index < -0.39 is 0 Å². The summed E-state index contributed by atoms with van der Waals surface area (Å²) in [5.74, 6) is 0. The fourth-order valence-electron chi connectivity index (χ4n) is 0.397. The molecule has 2 nitrogen and oxygen atoms in total. The van der Waals surface area contributed by atoms with Crippen LogP contribution in [0.25, 0.3) is 0 Å². The Hall–Kier alpha value is -0.190. The molecule has 0 aliphatic rings. The summed E-state index contributed by atoms with van der Waals surface area (Å²) in [6.07, 6.45) is 3.31. The molecule has 0 spiro atoms. The van der Waals surface area contributed by atoms with E-state index in [4.69, 9.17) is 0 Å². The van der Waals surface area contributed by atoms with Gasteiger partial charge in [-0.3, -0.25) is 0 Å². The fraction of sp³-hybridized carbons (Fsp3) is 0.200. The first-order valence-corrected chi connectivity index (χ1v) is 3.77. The van der Waals surface area contributed by atoms with Gasteiger partial charge >= 0.3 is 0 Å². The van der Waals surface area contributed by atoms with Crippen LogP contribution in [0.3, 0.4) is 0 Å². The molecule has 0 aliphatic carbocycles. The molecule has 0 N–H and O–H groups in total. The number of alkyl halides is 1. The van der Waals surface area contributed by atoms with Crippen LogP contribution in [0.2, 0.25) is 0 Å². The van der Waals surface area contributed by atoms with Crippen LogP contribution in [0.1, 0.15) is 5.69 Å². The lowest BCUT2D eigenvalue weighted by Gasteiger charge is -1.87. The Morgan fingerprint density at radius 2 is 2.50 bits per heavy atom. The van der Waals surface area contributed by atoms with Crippen LogP contribution in [0.15, 0.2) is 18.6 Å². The fourth-order valence-corrected chi connectivity index (χ4v) is 0.848. The van der Waals surface area contributed by atoms with Crippen molar-refractivity contribution >= 4 is 22.6 Å². The Bertz CT molecular complexity index is 152. The maximum atomic E-state index is 3.98. The molecule has 1 rings (SSSR count). The summed E-state index contributed by atoms with van der Waals surface area (Å²) >= 11 is 2.26. The van der Waals surface area contributed by atoms with Crippen molar-refractivity contribution in [2.24, 2.45) is 0 Å². The lowest BCUT2D eigenvalue weighted by Crippen LogP contribution is -1.82. The third kappa shape index (κ3) is 1.40. The molecule has 1 heterocycles. The van der Waals surface area contributed by atoms with Gasteiger partial charge in [-0.15, -0.1) is 0 Å². The largest absolute Gasteiger partial charge is 0.245 e. The van der Waals surface area contributed by atoms with Crippen LogP contribution in [-0.4, -0.2) is 9.97 Å². The van der Waals surface area contributed by atoms with E-state index in [9.17, 15) is 0 Å². The zero-order chi connectivity index (χ0) is 5.82. The van der Waals surface area contributed by atoms with Crippen LogP contribution in [0.4, 0.5) is 0 Å². The van der Waals surface area contributed by atoms with Gasteiger partial charge < -0.3 is 0 Å². The highest BCUT2D eigenvalue weighted by Crippen LogP contribution is 1.97. The quantitative estimate of drug-likeness (QED) is 0.528. The number of hydrogen-bond donors (Lipinski definition) is 0. The van der Waals surface area contributed by atoms with Gasteiger partial charge in [0.05, 0.1) is 5.69 Å². The molecule has 1 aromatic heterocycles. The normalized spacial score (nSPS) is 9.12. The number of halogens is 1. The van der Waals surface area contributed by atoms with Crippen LogP contribution >= 0.6 is 22.6 Å². The first kappa shape index (κ1) is 5.94. The summed E-state index contributed by atoms with van der Waals surface area (Å²) in [4.78, 5) is 7.76. The van der Waals surface area contributed by atoms with E-state index in [1.165, 1.54) is 0 Å². The summed E-state index contributed by atoms with van der Waals surface area (Å²) in [5.41, 5.74) is 1.08. The van der Waals surface area contributed by atoms with Gasteiger partial charge in [0, 0.05) is 10.6 Å². The molecule has 0 bridgehead atoms. The molecule has 0 unspecified atom stereocenters. The molecule has 0 atom stereocenters. The Balaban J connectivity index is 2.83. The maximum Gasteiger partial charge on any atom is 0.115 e. The Morgan fingerprint density at radius 3 is 2.88 bits per heavy atom. The predicted octanol–water partition coefficient (Wildman–Crippen LogP) is 1.41. The highest BCUT2D eigenvalue weighted by Gasteiger charge is 1.83. The summed E-state index contributed by atoms with van der Waals surface area (Å²) < 4.78 is 0.959. The number of rotatable bonds is 1. The topological polar surface area (TPSA) is 25.8 Å². The van der Waals surface area contributed by atoms with Gasteiger partial charge in [-0.2, -0.15) is 0 Å². The highest BCUT2D eigenvalue weighted by molar-refractivity contribution is 14.1. The SMILES string of the molecule is ICc1ccncn1. The molecule has 8 heavy (non-hydrogen) atoms. The minimum absolute atomic E-state index is 0.959. The van der Waals surface area contributed by atoms with Crippen LogP contribution in [0, 0.1) is 0 Å². The van der Waals surface area contributed by atoms with Crippen molar-refractivity contribution in [2.45, 2.75) is 4.43 Å². The molecule has 0 saturated carbocycles.